The molecule has 2 aromatic heterocycles. The summed E-state index contributed by atoms with van der Waals surface area (Å²) < 4.78 is 4.30. The van der Waals surface area contributed by atoms with Gasteiger partial charge in [-0.25, -0.2) is 0 Å². The number of anilines is 2. The van der Waals surface area contributed by atoms with E-state index in [1.54, 1.807) is 12.4 Å². The van der Waals surface area contributed by atoms with Crippen molar-refractivity contribution in [1.29, 1.82) is 0 Å². The van der Waals surface area contributed by atoms with E-state index in [2.05, 4.69) is 42.4 Å². The van der Waals surface area contributed by atoms with Gasteiger partial charge in [-0.15, -0.1) is 0 Å². The molecular weight excluding hydrogens is 280 g/mol. The summed E-state index contributed by atoms with van der Waals surface area (Å²) in [6, 6.07) is 3.93. The van der Waals surface area contributed by atoms with Crippen LogP contribution in [-0.4, -0.2) is 15.9 Å². The minimum Gasteiger partial charge on any atom is -0.382 e. The second-order valence-electron chi connectivity index (χ2n) is 6.04. The number of nitrogens with one attached hydrogen (secondary N) is 1. The molecule has 0 bridgehead atoms. The van der Waals surface area contributed by atoms with Gasteiger partial charge in [-0.3, -0.25) is 4.98 Å². The molecule has 114 valence electrons. The van der Waals surface area contributed by atoms with Crippen LogP contribution >= 0.6 is 11.5 Å². The van der Waals surface area contributed by atoms with Gasteiger partial charge in [0.25, 0.3) is 0 Å². The topological polar surface area (TPSA) is 63.8 Å². The summed E-state index contributed by atoms with van der Waals surface area (Å²) in [5.74, 6) is 2.50. The van der Waals surface area contributed by atoms with Crippen LogP contribution in [0.2, 0.25) is 0 Å². The molecule has 2 heterocycles. The van der Waals surface area contributed by atoms with Gasteiger partial charge in [-0.05, 0) is 47.0 Å². The molecule has 0 aliphatic carbocycles. The predicted molar refractivity (Wildman–Crippen MR) is 91.4 cm³/mol. The quantitative estimate of drug-likeness (QED) is 0.842. The van der Waals surface area contributed by atoms with Crippen molar-refractivity contribution in [2.24, 2.45) is 17.8 Å². The minimum atomic E-state index is 0.583. The van der Waals surface area contributed by atoms with E-state index < -0.39 is 0 Å². The zero-order chi connectivity index (χ0) is 15.4. The minimum absolute atomic E-state index is 0.583. The molecule has 21 heavy (non-hydrogen) atoms. The summed E-state index contributed by atoms with van der Waals surface area (Å²) in [7, 11) is 0. The zero-order valence-electron chi connectivity index (χ0n) is 13.1. The molecule has 4 nitrogen and oxygen atoms in total. The van der Waals surface area contributed by atoms with Crippen molar-refractivity contribution in [2.45, 2.75) is 27.7 Å². The number of hydrogen-bond donors (Lipinski definition) is 2. The van der Waals surface area contributed by atoms with E-state index in [9.17, 15) is 0 Å². The molecule has 3 N–H and O–H groups in total. The maximum atomic E-state index is 6.04. The van der Waals surface area contributed by atoms with Crippen molar-refractivity contribution in [3.8, 4) is 11.1 Å². The third kappa shape index (κ3) is 3.73. The zero-order valence-corrected chi connectivity index (χ0v) is 13.9. The fraction of sp³-hybridized carbons (Fsp3) is 0.500. The Labute approximate surface area is 131 Å². The van der Waals surface area contributed by atoms with Gasteiger partial charge in [0.05, 0.1) is 5.56 Å². The first-order valence-corrected chi connectivity index (χ1v) is 8.17. The normalized spacial score (nSPS) is 11.6. The van der Waals surface area contributed by atoms with Gasteiger partial charge >= 0.3 is 0 Å². The number of rotatable bonds is 6. The maximum absolute atomic E-state index is 6.04. The molecule has 2 rings (SSSR count). The Morgan fingerprint density at radius 3 is 2.33 bits per heavy atom. The molecule has 0 spiro atoms. The van der Waals surface area contributed by atoms with E-state index in [-0.39, 0.29) is 0 Å². The Morgan fingerprint density at radius 1 is 1.14 bits per heavy atom. The Kier molecular flexibility index (Phi) is 5.17. The average Bonchev–Trinajstić information content (AvgIpc) is 2.80. The average molecular weight is 304 g/mol. The molecule has 0 aliphatic rings. The van der Waals surface area contributed by atoms with Gasteiger partial charge in [-0.1, -0.05) is 27.7 Å². The lowest BCUT2D eigenvalue weighted by Gasteiger charge is -2.25. The summed E-state index contributed by atoms with van der Waals surface area (Å²) in [6.45, 7) is 10.0. The van der Waals surface area contributed by atoms with Crippen LogP contribution in [0.25, 0.3) is 11.1 Å². The van der Waals surface area contributed by atoms with Crippen LogP contribution in [0.5, 0.6) is 0 Å². The molecule has 0 amide bonds. The van der Waals surface area contributed by atoms with E-state index in [1.807, 2.05) is 12.1 Å². The van der Waals surface area contributed by atoms with Crippen molar-refractivity contribution < 1.29 is 0 Å². The number of pyridine rings is 1. The lowest BCUT2D eigenvalue weighted by molar-refractivity contribution is 0.304. The van der Waals surface area contributed by atoms with Gasteiger partial charge in [0.1, 0.15) is 10.8 Å². The maximum Gasteiger partial charge on any atom is 0.147 e. The predicted octanol–water partition coefficient (Wildman–Crippen LogP) is 4.13. The van der Waals surface area contributed by atoms with E-state index in [1.165, 1.54) is 11.5 Å². The number of nitrogen functional groups attached to an aromatic ring is 1. The second-order valence-corrected chi connectivity index (χ2v) is 6.81. The van der Waals surface area contributed by atoms with Gasteiger partial charge in [0, 0.05) is 18.9 Å². The molecule has 0 saturated carbocycles. The molecule has 0 aliphatic heterocycles. The smallest absolute Gasteiger partial charge is 0.147 e. The SMILES string of the molecule is CC(C)C(CNc1snc(N)c1-c1ccncc1)C(C)C. The lowest BCUT2D eigenvalue weighted by atomic mass is 9.85. The van der Waals surface area contributed by atoms with Crippen LogP contribution in [0.4, 0.5) is 10.8 Å². The molecule has 0 atom stereocenters. The summed E-state index contributed by atoms with van der Waals surface area (Å²) in [5.41, 5.74) is 8.09. The second kappa shape index (κ2) is 6.89. The lowest BCUT2D eigenvalue weighted by Crippen LogP contribution is -2.24. The fourth-order valence-electron chi connectivity index (χ4n) is 2.67. The molecular formula is C16H24N4S. The Balaban J connectivity index is 2.19. The van der Waals surface area contributed by atoms with Crippen LogP contribution in [-0.2, 0) is 0 Å². The van der Waals surface area contributed by atoms with Crippen molar-refractivity contribution >= 4 is 22.4 Å². The van der Waals surface area contributed by atoms with Crippen molar-refractivity contribution in [3.05, 3.63) is 24.5 Å². The Morgan fingerprint density at radius 2 is 1.76 bits per heavy atom. The van der Waals surface area contributed by atoms with E-state index in [4.69, 9.17) is 5.73 Å². The molecule has 0 unspecified atom stereocenters. The molecule has 0 fully saturated rings. The first kappa shape index (κ1) is 15.8. The van der Waals surface area contributed by atoms with Crippen molar-refractivity contribution in [3.63, 3.8) is 0 Å². The largest absolute Gasteiger partial charge is 0.382 e. The Bertz CT molecular complexity index is 555. The summed E-state index contributed by atoms with van der Waals surface area (Å²) in [5, 5.41) is 4.60. The highest BCUT2D eigenvalue weighted by molar-refractivity contribution is 7.11. The van der Waals surface area contributed by atoms with E-state index in [0.29, 0.717) is 23.6 Å². The van der Waals surface area contributed by atoms with Gasteiger partial charge in [0.2, 0.25) is 0 Å². The first-order valence-electron chi connectivity index (χ1n) is 7.40. The highest BCUT2D eigenvalue weighted by Crippen LogP contribution is 2.37. The number of nitrogens with two attached hydrogens (primary N) is 1. The molecule has 0 radical (unpaired) electrons. The van der Waals surface area contributed by atoms with Gasteiger partial charge < -0.3 is 11.1 Å². The first-order chi connectivity index (χ1) is 10.0. The van der Waals surface area contributed by atoms with Crippen LogP contribution in [0.1, 0.15) is 27.7 Å². The molecule has 5 heteroatoms. The summed E-state index contributed by atoms with van der Waals surface area (Å²) in [4.78, 5) is 4.06. The highest BCUT2D eigenvalue weighted by atomic mass is 32.1. The van der Waals surface area contributed by atoms with Crippen molar-refractivity contribution in [1.82, 2.24) is 9.36 Å². The van der Waals surface area contributed by atoms with E-state index >= 15 is 0 Å². The molecule has 2 aromatic rings. The highest BCUT2D eigenvalue weighted by Gasteiger charge is 2.19. The molecule has 0 saturated heterocycles. The van der Waals surface area contributed by atoms with Crippen LogP contribution in [0, 0.1) is 17.8 Å². The van der Waals surface area contributed by atoms with Crippen LogP contribution in [0.15, 0.2) is 24.5 Å². The summed E-state index contributed by atoms with van der Waals surface area (Å²) in [6.07, 6.45) is 3.56. The number of aromatic nitrogens is 2. The van der Waals surface area contributed by atoms with Crippen LogP contribution in [0.3, 0.4) is 0 Å². The summed E-state index contributed by atoms with van der Waals surface area (Å²) >= 11 is 1.43. The standard InChI is InChI=1S/C16H24N4S/c1-10(2)13(11(3)4)9-19-16-14(15(17)20-21-16)12-5-7-18-8-6-12/h5-8,10-11,13,19H,9H2,1-4H3,(H2,17,20). The van der Waals surface area contributed by atoms with Crippen molar-refractivity contribution in [2.75, 3.05) is 17.6 Å². The number of hydrogen-bond acceptors (Lipinski definition) is 5. The fourth-order valence-corrected chi connectivity index (χ4v) is 3.41. The van der Waals surface area contributed by atoms with Gasteiger partial charge in [0.15, 0.2) is 0 Å². The Hall–Kier alpha value is -1.62. The molecule has 0 aromatic carbocycles. The van der Waals surface area contributed by atoms with Gasteiger partial charge in [-0.2, -0.15) is 4.37 Å². The van der Waals surface area contributed by atoms with E-state index in [0.717, 1.165) is 22.7 Å². The number of nitrogens with zero attached hydrogens (tertiary/aromatic N) is 2. The van der Waals surface area contributed by atoms with Crippen LogP contribution < -0.4 is 11.1 Å². The monoisotopic (exact) mass is 304 g/mol. The third-order valence-corrected chi connectivity index (χ3v) is 4.72. The third-order valence-electron chi connectivity index (χ3n) is 3.90.